The fourth-order valence-electron chi connectivity index (χ4n) is 1.81. The highest BCUT2D eigenvalue weighted by Crippen LogP contribution is 2.17. The molecule has 0 aromatic carbocycles. The van der Waals surface area contributed by atoms with Crippen molar-refractivity contribution in [1.29, 1.82) is 0 Å². The summed E-state index contributed by atoms with van der Waals surface area (Å²) in [7, 11) is 0. The van der Waals surface area contributed by atoms with Gasteiger partial charge in [0.15, 0.2) is 0 Å². The number of nitrogens with one attached hydrogen (secondary N) is 2. The lowest BCUT2D eigenvalue weighted by atomic mass is 10.2. The highest BCUT2D eigenvalue weighted by atomic mass is 15.4. The summed E-state index contributed by atoms with van der Waals surface area (Å²) in [5.41, 5.74) is 1.02. The number of amidine groups is 1. The van der Waals surface area contributed by atoms with E-state index in [0.29, 0.717) is 0 Å². The molecule has 1 atom stereocenters. The monoisotopic (exact) mass is 189 g/mol. The van der Waals surface area contributed by atoms with Gasteiger partial charge in [0.1, 0.15) is 12.0 Å². The minimum absolute atomic E-state index is 0.171. The molecule has 72 valence electrons. The summed E-state index contributed by atoms with van der Waals surface area (Å²) in [5, 5.41) is 6.45. The van der Waals surface area contributed by atoms with Crippen LogP contribution in [0, 0.1) is 0 Å². The van der Waals surface area contributed by atoms with Crippen LogP contribution in [0.15, 0.2) is 34.2 Å². The van der Waals surface area contributed by atoms with Crippen molar-refractivity contribution >= 4 is 12.1 Å². The van der Waals surface area contributed by atoms with Crippen LogP contribution in [-0.2, 0) is 0 Å². The van der Waals surface area contributed by atoms with Gasteiger partial charge in [0, 0.05) is 18.9 Å². The van der Waals surface area contributed by atoms with Crippen LogP contribution in [0.5, 0.6) is 0 Å². The molecule has 5 nitrogen and oxygen atoms in total. The van der Waals surface area contributed by atoms with E-state index in [1.165, 1.54) is 0 Å². The third-order valence-electron chi connectivity index (χ3n) is 2.48. The summed E-state index contributed by atoms with van der Waals surface area (Å²) < 4.78 is 0. The predicted octanol–water partition coefficient (Wildman–Crippen LogP) is -0.384. The normalized spacial score (nSPS) is 28.6. The number of hydrogen-bond donors (Lipinski definition) is 2. The SMILES string of the molecule is C1=CN=C2C=NC3=CNCNC3N2C1. The number of aliphatic imine (C=N–C) groups is 2. The van der Waals surface area contributed by atoms with Crippen LogP contribution in [0.2, 0.25) is 0 Å². The van der Waals surface area contributed by atoms with Gasteiger partial charge in [-0.1, -0.05) is 0 Å². The Morgan fingerprint density at radius 2 is 2.50 bits per heavy atom. The summed E-state index contributed by atoms with van der Waals surface area (Å²) in [6.07, 6.45) is 7.80. The zero-order valence-corrected chi connectivity index (χ0v) is 7.64. The molecule has 3 aliphatic rings. The van der Waals surface area contributed by atoms with E-state index >= 15 is 0 Å². The standard InChI is InChI=1S/C9H11N5/c1-2-11-8-5-12-7-4-10-6-13-9(7)14(8)3-1/h1-2,4-5,9-10,13H,3,6H2. The van der Waals surface area contributed by atoms with Gasteiger partial charge >= 0.3 is 0 Å². The predicted molar refractivity (Wildman–Crippen MR) is 54.8 cm³/mol. The Labute approximate surface area is 81.9 Å². The van der Waals surface area contributed by atoms with Gasteiger partial charge in [-0.15, -0.1) is 0 Å². The summed E-state index contributed by atoms with van der Waals surface area (Å²) in [5.74, 6) is 0.934. The molecule has 0 aliphatic carbocycles. The van der Waals surface area contributed by atoms with Crippen molar-refractivity contribution in [2.45, 2.75) is 6.17 Å². The Bertz CT molecular complexity index is 365. The van der Waals surface area contributed by atoms with Gasteiger partial charge in [0.2, 0.25) is 0 Å². The molecule has 0 fully saturated rings. The molecule has 1 unspecified atom stereocenters. The van der Waals surface area contributed by atoms with Gasteiger partial charge < -0.3 is 10.2 Å². The minimum Gasteiger partial charge on any atom is -0.377 e. The van der Waals surface area contributed by atoms with Crippen molar-refractivity contribution in [2.24, 2.45) is 9.98 Å². The van der Waals surface area contributed by atoms with E-state index in [4.69, 9.17) is 0 Å². The Morgan fingerprint density at radius 3 is 3.50 bits per heavy atom. The van der Waals surface area contributed by atoms with Crippen molar-refractivity contribution < 1.29 is 0 Å². The van der Waals surface area contributed by atoms with Gasteiger partial charge in [-0.25, -0.2) is 4.99 Å². The minimum atomic E-state index is 0.171. The van der Waals surface area contributed by atoms with Gasteiger partial charge in [0.05, 0.1) is 18.6 Å². The van der Waals surface area contributed by atoms with Crippen molar-refractivity contribution in [3.05, 3.63) is 24.2 Å². The van der Waals surface area contributed by atoms with Crippen LogP contribution in [0.1, 0.15) is 0 Å². The van der Waals surface area contributed by atoms with E-state index in [1.54, 1.807) is 6.21 Å². The average Bonchev–Trinajstić information content (AvgIpc) is 2.29. The molecule has 3 aliphatic heterocycles. The highest BCUT2D eigenvalue weighted by molar-refractivity contribution is 6.30. The van der Waals surface area contributed by atoms with Crippen molar-refractivity contribution in [2.75, 3.05) is 13.2 Å². The Balaban J connectivity index is 2.01. The molecule has 3 rings (SSSR count). The van der Waals surface area contributed by atoms with Crippen LogP contribution < -0.4 is 10.6 Å². The fourth-order valence-corrected chi connectivity index (χ4v) is 1.81. The Morgan fingerprint density at radius 1 is 1.50 bits per heavy atom. The number of nitrogens with zero attached hydrogens (tertiary/aromatic N) is 3. The molecule has 5 heteroatoms. The van der Waals surface area contributed by atoms with E-state index in [-0.39, 0.29) is 6.17 Å². The summed E-state index contributed by atoms with van der Waals surface area (Å²) in [4.78, 5) is 10.8. The largest absolute Gasteiger partial charge is 0.377 e. The van der Waals surface area contributed by atoms with E-state index in [9.17, 15) is 0 Å². The first-order valence-electron chi connectivity index (χ1n) is 4.65. The molecular weight excluding hydrogens is 178 g/mol. The maximum atomic E-state index is 4.34. The second kappa shape index (κ2) is 2.95. The lowest BCUT2D eigenvalue weighted by Gasteiger charge is -2.38. The van der Waals surface area contributed by atoms with Gasteiger partial charge in [-0.05, 0) is 6.08 Å². The maximum Gasteiger partial charge on any atom is 0.148 e. The first-order chi connectivity index (χ1) is 6.95. The molecule has 0 radical (unpaired) electrons. The Kier molecular flexibility index (Phi) is 1.63. The van der Waals surface area contributed by atoms with Gasteiger partial charge in [0.25, 0.3) is 0 Å². The van der Waals surface area contributed by atoms with Crippen LogP contribution in [0.25, 0.3) is 0 Å². The Hall–Kier alpha value is -1.62. The van der Waals surface area contributed by atoms with E-state index < -0.39 is 0 Å². The van der Waals surface area contributed by atoms with Gasteiger partial charge in [-0.2, -0.15) is 0 Å². The lowest BCUT2D eigenvalue weighted by Crippen LogP contribution is -2.56. The zero-order chi connectivity index (χ0) is 9.38. The van der Waals surface area contributed by atoms with E-state index in [0.717, 1.165) is 24.7 Å². The first-order valence-corrected chi connectivity index (χ1v) is 4.65. The molecule has 0 spiro atoms. The summed E-state index contributed by atoms with van der Waals surface area (Å²) >= 11 is 0. The van der Waals surface area contributed by atoms with E-state index in [1.807, 2.05) is 18.5 Å². The third kappa shape index (κ3) is 1.06. The molecule has 14 heavy (non-hydrogen) atoms. The van der Waals surface area contributed by atoms with Crippen molar-refractivity contribution in [3.63, 3.8) is 0 Å². The summed E-state index contributed by atoms with van der Waals surface area (Å²) in [6, 6.07) is 0. The molecule has 0 aromatic heterocycles. The number of hydrogen-bond acceptors (Lipinski definition) is 5. The van der Waals surface area contributed by atoms with Crippen LogP contribution >= 0.6 is 0 Å². The van der Waals surface area contributed by atoms with Crippen molar-refractivity contribution in [1.82, 2.24) is 15.5 Å². The zero-order valence-electron chi connectivity index (χ0n) is 7.64. The van der Waals surface area contributed by atoms with Gasteiger partial charge in [-0.3, -0.25) is 10.3 Å². The highest BCUT2D eigenvalue weighted by Gasteiger charge is 2.29. The molecule has 0 saturated heterocycles. The molecule has 3 heterocycles. The lowest BCUT2D eigenvalue weighted by molar-refractivity contribution is 0.300. The van der Waals surface area contributed by atoms with Crippen LogP contribution in [-0.4, -0.2) is 36.3 Å². The topological polar surface area (TPSA) is 52.0 Å². The fraction of sp³-hybridized carbons (Fsp3) is 0.333. The van der Waals surface area contributed by atoms with Crippen LogP contribution in [0.4, 0.5) is 0 Å². The molecule has 0 bridgehead atoms. The second-order valence-corrected chi connectivity index (χ2v) is 3.34. The first kappa shape index (κ1) is 7.75. The molecule has 2 N–H and O–H groups in total. The second-order valence-electron chi connectivity index (χ2n) is 3.34. The van der Waals surface area contributed by atoms with Crippen LogP contribution in [0.3, 0.4) is 0 Å². The maximum absolute atomic E-state index is 4.34. The van der Waals surface area contributed by atoms with Crippen molar-refractivity contribution in [3.8, 4) is 0 Å². The quantitative estimate of drug-likeness (QED) is 0.546. The molecule has 0 amide bonds. The number of fused-ring (bicyclic) bond motifs is 3. The molecule has 0 aromatic rings. The molecular formula is C9H11N5. The third-order valence-corrected chi connectivity index (χ3v) is 2.48. The summed E-state index contributed by atoms with van der Waals surface area (Å²) in [6.45, 7) is 1.66. The number of rotatable bonds is 0. The smallest absolute Gasteiger partial charge is 0.148 e. The van der Waals surface area contributed by atoms with E-state index in [2.05, 4.69) is 25.5 Å². The molecule has 0 saturated carbocycles. The average molecular weight is 189 g/mol.